The van der Waals surface area contributed by atoms with Crippen molar-refractivity contribution in [1.29, 1.82) is 0 Å². The van der Waals surface area contributed by atoms with Crippen molar-refractivity contribution in [3.05, 3.63) is 23.2 Å². The summed E-state index contributed by atoms with van der Waals surface area (Å²) in [5.74, 6) is 3.50. The van der Waals surface area contributed by atoms with Gasteiger partial charge in [-0.05, 0) is 77.4 Å². The number of fused-ring (bicyclic) bond motifs is 5. The Kier molecular flexibility index (Phi) is 5.91. The fraction of sp³-hybridized carbons (Fsp3) is 0.867. The molecule has 0 aromatic carbocycles. The van der Waals surface area contributed by atoms with E-state index in [1.165, 1.54) is 44.1 Å². The Bertz CT molecular complexity index is 804. The number of rotatable bonds is 5. The van der Waals surface area contributed by atoms with Crippen LogP contribution >= 0.6 is 0 Å². The first-order valence-electron chi connectivity index (χ1n) is 13.6. The molecule has 0 bridgehead atoms. The van der Waals surface area contributed by atoms with E-state index in [9.17, 15) is 10.2 Å². The van der Waals surface area contributed by atoms with Crippen molar-refractivity contribution in [3.8, 4) is 0 Å². The van der Waals surface area contributed by atoms with Gasteiger partial charge < -0.3 is 10.2 Å². The molecule has 0 unspecified atom stereocenters. The smallest absolute Gasteiger partial charge is 0.137 e. The zero-order valence-electron chi connectivity index (χ0n) is 22.2. The summed E-state index contributed by atoms with van der Waals surface area (Å²) in [6, 6.07) is 0. The Labute approximate surface area is 198 Å². The second-order valence-corrected chi connectivity index (χ2v) is 14.1. The molecule has 4 aliphatic carbocycles. The van der Waals surface area contributed by atoms with E-state index in [-0.39, 0.29) is 28.3 Å². The van der Waals surface area contributed by atoms with E-state index in [1.807, 2.05) is 0 Å². The predicted molar refractivity (Wildman–Crippen MR) is 134 cm³/mol. The Morgan fingerprint density at radius 3 is 2.28 bits per heavy atom. The number of hydrogen-bond donors (Lipinski definition) is 2. The third kappa shape index (κ3) is 3.32. The van der Waals surface area contributed by atoms with Crippen LogP contribution in [0.5, 0.6) is 0 Å². The molecule has 2 heteroatoms. The minimum atomic E-state index is -0.0697. The summed E-state index contributed by atoms with van der Waals surface area (Å²) in [6.07, 6.45) is 13.4. The van der Waals surface area contributed by atoms with Gasteiger partial charge in [0, 0.05) is 12.3 Å². The van der Waals surface area contributed by atoms with Crippen LogP contribution in [0.25, 0.3) is 0 Å². The van der Waals surface area contributed by atoms with Gasteiger partial charge in [-0.15, -0.1) is 0 Å². The summed E-state index contributed by atoms with van der Waals surface area (Å²) in [5, 5.41) is 21.9. The van der Waals surface area contributed by atoms with Gasteiger partial charge >= 0.3 is 0 Å². The lowest BCUT2D eigenvalue weighted by Gasteiger charge is -2.65. The summed E-state index contributed by atoms with van der Waals surface area (Å²) in [5.41, 5.74) is 2.03. The van der Waals surface area contributed by atoms with Crippen molar-refractivity contribution in [1.82, 2.24) is 0 Å². The fourth-order valence-electron chi connectivity index (χ4n) is 9.42. The largest absolute Gasteiger partial charge is 0.509 e. The second kappa shape index (κ2) is 7.81. The molecule has 0 heterocycles. The van der Waals surface area contributed by atoms with Crippen molar-refractivity contribution in [3.63, 3.8) is 0 Å². The molecular weight excluding hydrogens is 392 g/mol. The fourth-order valence-corrected chi connectivity index (χ4v) is 9.42. The summed E-state index contributed by atoms with van der Waals surface area (Å²) in [4.78, 5) is 0. The molecule has 0 aliphatic heterocycles. The number of hydrogen-bond acceptors (Lipinski definition) is 2. The first kappa shape index (κ1) is 24.2. The zero-order chi connectivity index (χ0) is 23.7. The molecule has 4 aliphatic rings. The van der Waals surface area contributed by atoms with Crippen LogP contribution in [0.15, 0.2) is 23.2 Å². The third-order valence-electron chi connectivity index (χ3n) is 11.5. The van der Waals surface area contributed by atoms with E-state index in [2.05, 4.69) is 61.5 Å². The molecule has 2 N–H and O–H groups in total. The Hall–Kier alpha value is -0.920. The minimum Gasteiger partial charge on any atom is -0.509 e. The molecule has 0 radical (unpaired) electrons. The first-order valence-corrected chi connectivity index (χ1v) is 13.6. The lowest BCUT2D eigenvalue weighted by atomic mass is 9.39. The summed E-state index contributed by atoms with van der Waals surface area (Å²) in [7, 11) is 0. The first-order chi connectivity index (χ1) is 14.8. The second-order valence-electron chi connectivity index (χ2n) is 14.1. The van der Waals surface area contributed by atoms with E-state index >= 15 is 0 Å². The highest BCUT2D eigenvalue weighted by Gasteiger charge is 2.67. The summed E-state index contributed by atoms with van der Waals surface area (Å²) in [6.45, 7) is 19.4. The van der Waals surface area contributed by atoms with E-state index in [1.54, 1.807) is 0 Å². The van der Waals surface area contributed by atoms with Gasteiger partial charge in [-0.2, -0.15) is 0 Å². The van der Waals surface area contributed by atoms with Crippen molar-refractivity contribution in [2.75, 3.05) is 0 Å². The topological polar surface area (TPSA) is 40.5 Å². The molecule has 2 saturated carbocycles. The lowest BCUT2D eigenvalue weighted by molar-refractivity contribution is -0.137. The van der Waals surface area contributed by atoms with Crippen LogP contribution in [0.1, 0.15) is 113 Å². The van der Waals surface area contributed by atoms with Gasteiger partial charge in [-0.1, -0.05) is 86.3 Å². The maximum Gasteiger partial charge on any atom is 0.137 e. The number of allylic oxidation sites excluding steroid dienone is 3. The van der Waals surface area contributed by atoms with Crippen molar-refractivity contribution in [2.45, 2.75) is 113 Å². The molecule has 0 aromatic rings. The highest BCUT2D eigenvalue weighted by molar-refractivity contribution is 5.37. The van der Waals surface area contributed by atoms with Crippen molar-refractivity contribution in [2.24, 2.45) is 51.2 Å². The third-order valence-corrected chi connectivity index (χ3v) is 11.5. The molecule has 2 nitrogen and oxygen atoms in total. The molecule has 7 atom stereocenters. The van der Waals surface area contributed by atoms with Gasteiger partial charge in [-0.3, -0.25) is 0 Å². The molecule has 32 heavy (non-hydrogen) atoms. The van der Waals surface area contributed by atoms with Crippen LogP contribution in [-0.4, -0.2) is 10.2 Å². The number of aliphatic hydroxyl groups excluding tert-OH is 2. The molecule has 0 saturated heterocycles. The molecule has 0 amide bonds. The van der Waals surface area contributed by atoms with Gasteiger partial charge in [0.25, 0.3) is 0 Å². The molecule has 4 rings (SSSR count). The van der Waals surface area contributed by atoms with E-state index in [4.69, 9.17) is 0 Å². The number of aliphatic hydroxyl groups is 2. The SMILES string of the molecule is CC(C)CCC[C@@H](C)[C@H]1CC[C@@]2(C)[C@@H]3CC=C4[C@@H](C(O)=C(O)CC4(C)C)[C@]3(C)CC[C@]12C. The lowest BCUT2D eigenvalue weighted by Crippen LogP contribution is -2.58. The minimum absolute atomic E-state index is 0.00566. The van der Waals surface area contributed by atoms with E-state index < -0.39 is 0 Å². The average Bonchev–Trinajstić information content (AvgIpc) is 2.96. The average molecular weight is 443 g/mol. The monoisotopic (exact) mass is 442 g/mol. The van der Waals surface area contributed by atoms with Gasteiger partial charge in [-0.25, -0.2) is 0 Å². The molecule has 2 fully saturated rings. The normalized spacial score (nSPS) is 44.0. The molecule has 182 valence electrons. The quantitative estimate of drug-likeness (QED) is 0.417. The van der Waals surface area contributed by atoms with E-state index in [0.717, 1.165) is 30.6 Å². The van der Waals surface area contributed by atoms with Gasteiger partial charge in [0.2, 0.25) is 0 Å². The van der Waals surface area contributed by atoms with E-state index in [0.29, 0.717) is 23.2 Å². The van der Waals surface area contributed by atoms with Crippen LogP contribution in [0.3, 0.4) is 0 Å². The molecular formula is C30H50O2. The Balaban J connectivity index is 1.66. The molecule has 0 spiro atoms. The van der Waals surface area contributed by atoms with Gasteiger partial charge in [0.05, 0.1) is 0 Å². The highest BCUT2D eigenvalue weighted by Crippen LogP contribution is 2.75. The Morgan fingerprint density at radius 2 is 1.62 bits per heavy atom. The van der Waals surface area contributed by atoms with Crippen molar-refractivity contribution < 1.29 is 10.2 Å². The van der Waals surface area contributed by atoms with Gasteiger partial charge in [0.15, 0.2) is 0 Å². The van der Waals surface area contributed by atoms with Crippen molar-refractivity contribution >= 4 is 0 Å². The van der Waals surface area contributed by atoms with Crippen LogP contribution in [-0.2, 0) is 0 Å². The van der Waals surface area contributed by atoms with Crippen LogP contribution in [0.4, 0.5) is 0 Å². The van der Waals surface area contributed by atoms with Crippen LogP contribution in [0.2, 0.25) is 0 Å². The molecule has 0 aromatic heterocycles. The predicted octanol–water partition coefficient (Wildman–Crippen LogP) is 8.99. The Morgan fingerprint density at radius 1 is 0.938 bits per heavy atom. The maximum absolute atomic E-state index is 11.2. The maximum atomic E-state index is 11.2. The summed E-state index contributed by atoms with van der Waals surface area (Å²) >= 11 is 0. The highest BCUT2D eigenvalue weighted by atomic mass is 16.3. The van der Waals surface area contributed by atoms with Crippen LogP contribution in [0, 0.1) is 51.2 Å². The summed E-state index contributed by atoms with van der Waals surface area (Å²) < 4.78 is 0. The van der Waals surface area contributed by atoms with Gasteiger partial charge in [0.1, 0.15) is 11.5 Å². The van der Waals surface area contributed by atoms with Crippen LogP contribution < -0.4 is 0 Å². The standard InChI is InChI=1S/C30H50O2/c1-19(2)10-9-11-20(3)21-14-15-30(8)24-13-12-22-25(26(32)23(31)18-27(22,4)5)28(24,6)16-17-29(21,30)7/h12,19-21,24-25,31-32H,9-11,13-18H2,1-8H3/t20-,21-,24-,25+,28-,29-,30+/m1/s1. The zero-order valence-corrected chi connectivity index (χ0v) is 22.2.